The van der Waals surface area contributed by atoms with Crippen LogP contribution in [0, 0.1) is 0 Å². The van der Waals surface area contributed by atoms with E-state index in [9.17, 15) is 9.90 Å². The maximum atomic E-state index is 10.5. The van der Waals surface area contributed by atoms with Crippen LogP contribution < -0.4 is 5.32 Å². The highest BCUT2D eigenvalue weighted by atomic mass is 16.3. The first-order valence-electron chi connectivity index (χ1n) is 4.87. The quantitative estimate of drug-likeness (QED) is 0.569. The van der Waals surface area contributed by atoms with Crippen molar-refractivity contribution in [1.82, 2.24) is 5.32 Å². The molecule has 0 aliphatic rings. The molecule has 0 saturated heterocycles. The Morgan fingerprint density at radius 1 is 1.47 bits per heavy atom. The summed E-state index contributed by atoms with van der Waals surface area (Å²) in [5.74, 6) is 0.196. The monoisotopic (exact) mass is 205 g/mol. The van der Waals surface area contributed by atoms with Crippen LogP contribution in [0.2, 0.25) is 0 Å². The zero-order valence-electron chi connectivity index (χ0n) is 8.73. The Hall–Kier alpha value is -1.61. The van der Waals surface area contributed by atoms with Crippen molar-refractivity contribution in [3.8, 4) is 5.75 Å². The average molecular weight is 205 g/mol. The van der Waals surface area contributed by atoms with Gasteiger partial charge in [0, 0.05) is 11.1 Å². The number of hydrogen-bond donors (Lipinski definition) is 2. The summed E-state index contributed by atoms with van der Waals surface area (Å²) in [6, 6.07) is 4.78. The Morgan fingerprint density at radius 3 is 2.93 bits per heavy atom. The molecule has 0 aromatic heterocycles. The first-order chi connectivity index (χ1) is 7.27. The van der Waals surface area contributed by atoms with Gasteiger partial charge in [0.2, 0.25) is 0 Å². The van der Waals surface area contributed by atoms with E-state index < -0.39 is 0 Å². The number of aromatic hydroxyl groups is 1. The molecule has 1 aromatic carbocycles. The molecule has 15 heavy (non-hydrogen) atoms. The molecule has 1 rings (SSSR count). The predicted octanol–water partition coefficient (Wildman–Crippen LogP) is 1.83. The second-order valence-corrected chi connectivity index (χ2v) is 3.23. The normalized spacial score (nSPS) is 10.7. The minimum Gasteiger partial charge on any atom is -0.507 e. The van der Waals surface area contributed by atoms with E-state index in [4.69, 9.17) is 0 Å². The first kappa shape index (κ1) is 11.5. The predicted molar refractivity (Wildman–Crippen MR) is 61.1 cm³/mol. The van der Waals surface area contributed by atoms with Gasteiger partial charge in [0.15, 0.2) is 0 Å². The van der Waals surface area contributed by atoms with E-state index >= 15 is 0 Å². The fraction of sp³-hybridized carbons (Fsp3) is 0.250. The fourth-order valence-corrected chi connectivity index (χ4v) is 1.22. The molecule has 0 amide bonds. The minimum absolute atomic E-state index is 0.196. The maximum Gasteiger partial charge on any atom is 0.150 e. The van der Waals surface area contributed by atoms with Gasteiger partial charge in [0.05, 0.1) is 0 Å². The Labute approximate surface area is 89.4 Å². The molecule has 0 saturated carbocycles. The smallest absolute Gasteiger partial charge is 0.150 e. The molecule has 0 unspecified atom stereocenters. The van der Waals surface area contributed by atoms with Crippen molar-refractivity contribution in [3.05, 3.63) is 35.4 Å². The average Bonchev–Trinajstić information content (AvgIpc) is 2.26. The van der Waals surface area contributed by atoms with E-state index in [1.807, 2.05) is 19.2 Å². The molecule has 0 atom stereocenters. The third kappa shape index (κ3) is 3.56. The van der Waals surface area contributed by atoms with Gasteiger partial charge in [-0.1, -0.05) is 12.2 Å². The molecule has 0 aliphatic carbocycles. The summed E-state index contributed by atoms with van der Waals surface area (Å²) in [7, 11) is 1.89. The van der Waals surface area contributed by atoms with Gasteiger partial charge >= 0.3 is 0 Å². The first-order valence-corrected chi connectivity index (χ1v) is 4.87. The molecule has 0 radical (unpaired) electrons. The highest BCUT2D eigenvalue weighted by Gasteiger charge is 1.98. The summed E-state index contributed by atoms with van der Waals surface area (Å²) in [5.41, 5.74) is 1.25. The van der Waals surface area contributed by atoms with Crippen LogP contribution in [-0.2, 0) is 0 Å². The summed E-state index contributed by atoms with van der Waals surface area (Å²) in [6.07, 6.45) is 5.44. The van der Waals surface area contributed by atoms with Crippen molar-refractivity contribution in [2.75, 3.05) is 13.6 Å². The van der Waals surface area contributed by atoms with Crippen LogP contribution in [0.4, 0.5) is 0 Å². The summed E-state index contributed by atoms with van der Waals surface area (Å²) in [5, 5.41) is 12.5. The van der Waals surface area contributed by atoms with E-state index in [1.54, 1.807) is 12.1 Å². The largest absolute Gasteiger partial charge is 0.507 e. The number of benzene rings is 1. The Kier molecular flexibility index (Phi) is 4.57. The molecule has 2 N–H and O–H groups in total. The number of phenols is 1. The SMILES string of the molecule is CNCCC=Cc1cc(C=O)ccc1O. The van der Waals surface area contributed by atoms with Crippen molar-refractivity contribution >= 4 is 12.4 Å². The van der Waals surface area contributed by atoms with Gasteiger partial charge in [0.25, 0.3) is 0 Å². The molecule has 0 fully saturated rings. The van der Waals surface area contributed by atoms with Crippen molar-refractivity contribution < 1.29 is 9.90 Å². The van der Waals surface area contributed by atoms with Gasteiger partial charge in [-0.2, -0.15) is 0 Å². The molecule has 3 heteroatoms. The highest BCUT2D eigenvalue weighted by molar-refractivity contribution is 5.77. The lowest BCUT2D eigenvalue weighted by molar-refractivity contribution is 0.112. The Balaban J connectivity index is 2.74. The third-order valence-corrected chi connectivity index (χ3v) is 2.05. The summed E-state index contributed by atoms with van der Waals surface area (Å²) >= 11 is 0. The molecule has 0 bridgehead atoms. The summed E-state index contributed by atoms with van der Waals surface area (Å²) < 4.78 is 0. The molecule has 0 aliphatic heterocycles. The molecule has 0 heterocycles. The molecule has 3 nitrogen and oxygen atoms in total. The molecule has 1 aromatic rings. The van der Waals surface area contributed by atoms with Gasteiger partial charge in [-0.3, -0.25) is 4.79 Å². The second-order valence-electron chi connectivity index (χ2n) is 3.23. The number of hydrogen-bond acceptors (Lipinski definition) is 3. The highest BCUT2D eigenvalue weighted by Crippen LogP contribution is 2.19. The van der Waals surface area contributed by atoms with Crippen LogP contribution in [0.15, 0.2) is 24.3 Å². The fourth-order valence-electron chi connectivity index (χ4n) is 1.22. The van der Waals surface area contributed by atoms with Crippen molar-refractivity contribution in [2.24, 2.45) is 0 Å². The van der Waals surface area contributed by atoms with E-state index in [0.717, 1.165) is 19.3 Å². The molecule has 0 spiro atoms. The van der Waals surface area contributed by atoms with E-state index in [-0.39, 0.29) is 5.75 Å². The van der Waals surface area contributed by atoms with Crippen LogP contribution in [0.25, 0.3) is 6.08 Å². The van der Waals surface area contributed by atoms with Crippen molar-refractivity contribution in [3.63, 3.8) is 0 Å². The molecular formula is C12H15NO2. The minimum atomic E-state index is 0.196. The van der Waals surface area contributed by atoms with Crippen molar-refractivity contribution in [2.45, 2.75) is 6.42 Å². The Morgan fingerprint density at radius 2 is 2.27 bits per heavy atom. The summed E-state index contributed by atoms with van der Waals surface area (Å²) in [4.78, 5) is 10.5. The van der Waals surface area contributed by atoms with Crippen LogP contribution in [0.3, 0.4) is 0 Å². The van der Waals surface area contributed by atoms with E-state index in [0.29, 0.717) is 11.1 Å². The van der Waals surface area contributed by atoms with E-state index in [1.165, 1.54) is 6.07 Å². The van der Waals surface area contributed by atoms with Crippen LogP contribution in [-0.4, -0.2) is 25.0 Å². The van der Waals surface area contributed by atoms with Gasteiger partial charge < -0.3 is 10.4 Å². The van der Waals surface area contributed by atoms with Crippen LogP contribution in [0.5, 0.6) is 5.75 Å². The van der Waals surface area contributed by atoms with Gasteiger partial charge in [0.1, 0.15) is 12.0 Å². The maximum absolute atomic E-state index is 10.5. The number of aldehydes is 1. The molecular weight excluding hydrogens is 190 g/mol. The third-order valence-electron chi connectivity index (χ3n) is 2.05. The van der Waals surface area contributed by atoms with Gasteiger partial charge in [-0.05, 0) is 38.2 Å². The van der Waals surface area contributed by atoms with E-state index in [2.05, 4.69) is 5.32 Å². The zero-order chi connectivity index (χ0) is 11.1. The second kappa shape index (κ2) is 5.98. The lowest BCUT2D eigenvalue weighted by Crippen LogP contribution is -2.05. The molecule has 80 valence electrons. The number of carbonyl (C=O) groups excluding carboxylic acids is 1. The number of carbonyl (C=O) groups is 1. The lowest BCUT2D eigenvalue weighted by atomic mass is 10.1. The number of rotatable bonds is 5. The van der Waals surface area contributed by atoms with Crippen molar-refractivity contribution in [1.29, 1.82) is 0 Å². The summed E-state index contributed by atoms with van der Waals surface area (Å²) in [6.45, 7) is 0.893. The Bertz CT molecular complexity index is 359. The van der Waals surface area contributed by atoms with Crippen LogP contribution in [0.1, 0.15) is 22.3 Å². The number of phenolic OH excluding ortho intramolecular Hbond substituents is 1. The van der Waals surface area contributed by atoms with Gasteiger partial charge in [-0.25, -0.2) is 0 Å². The number of nitrogens with one attached hydrogen (secondary N) is 1. The van der Waals surface area contributed by atoms with Crippen LogP contribution >= 0.6 is 0 Å². The lowest BCUT2D eigenvalue weighted by Gasteiger charge is -1.99. The standard InChI is InChI=1S/C12H15NO2/c1-13-7-3-2-4-11-8-10(9-14)5-6-12(11)15/h2,4-6,8-9,13,15H,3,7H2,1H3. The van der Waals surface area contributed by atoms with Gasteiger partial charge in [-0.15, -0.1) is 0 Å². The zero-order valence-corrected chi connectivity index (χ0v) is 8.73. The topological polar surface area (TPSA) is 49.3 Å².